The van der Waals surface area contributed by atoms with Gasteiger partial charge in [-0.05, 0) is 6.07 Å². The van der Waals surface area contributed by atoms with E-state index in [9.17, 15) is 4.79 Å². The van der Waals surface area contributed by atoms with Gasteiger partial charge in [0.05, 0.1) is 24.9 Å². The van der Waals surface area contributed by atoms with Gasteiger partial charge in [-0.2, -0.15) is 0 Å². The van der Waals surface area contributed by atoms with E-state index < -0.39 is 5.97 Å². The average molecular weight is 252 g/mol. The number of carbonyl (C=O) groups excluding carboxylic acids is 1. The number of nitrogen functional groups attached to an aromatic ring is 1. The second kappa shape index (κ2) is 5.68. The number of benzene rings is 1. The number of ether oxygens (including phenoxy) is 2. The molecule has 0 bridgehead atoms. The van der Waals surface area contributed by atoms with Crippen molar-refractivity contribution in [2.75, 3.05) is 20.0 Å². The van der Waals surface area contributed by atoms with Gasteiger partial charge in [-0.15, -0.1) is 12.4 Å². The first-order valence-corrected chi connectivity index (χ1v) is 4.19. The van der Waals surface area contributed by atoms with Gasteiger partial charge in [0.25, 0.3) is 0 Å². The maximum atomic E-state index is 11.3. The molecule has 0 aliphatic carbocycles. The summed E-state index contributed by atoms with van der Waals surface area (Å²) in [6.07, 6.45) is 0. The van der Waals surface area contributed by atoms with Gasteiger partial charge in [-0.25, -0.2) is 4.79 Å². The Morgan fingerprint density at radius 1 is 1.40 bits per heavy atom. The zero-order valence-corrected chi connectivity index (χ0v) is 9.82. The van der Waals surface area contributed by atoms with E-state index in [0.717, 1.165) is 0 Å². The Balaban J connectivity index is 0.00000196. The number of carbonyl (C=O) groups is 1. The van der Waals surface area contributed by atoms with Crippen LogP contribution >= 0.6 is 24.0 Å². The first-order valence-electron chi connectivity index (χ1n) is 3.81. The highest BCUT2D eigenvalue weighted by molar-refractivity contribution is 6.33. The van der Waals surface area contributed by atoms with E-state index in [0.29, 0.717) is 16.5 Å². The molecule has 1 rings (SSSR count). The molecule has 0 fully saturated rings. The molecule has 84 valence electrons. The fourth-order valence-electron chi connectivity index (χ4n) is 1.01. The summed E-state index contributed by atoms with van der Waals surface area (Å²) in [5.74, 6) is -0.165. The zero-order valence-electron chi connectivity index (χ0n) is 8.24. The molecule has 0 radical (unpaired) electrons. The summed E-state index contributed by atoms with van der Waals surface area (Å²) in [6.45, 7) is 0. The molecule has 1 aromatic carbocycles. The molecule has 15 heavy (non-hydrogen) atoms. The van der Waals surface area contributed by atoms with Gasteiger partial charge in [0.1, 0.15) is 11.3 Å². The molecule has 4 nitrogen and oxygen atoms in total. The molecule has 2 N–H and O–H groups in total. The summed E-state index contributed by atoms with van der Waals surface area (Å²) in [4.78, 5) is 11.3. The third-order valence-electron chi connectivity index (χ3n) is 1.72. The van der Waals surface area contributed by atoms with Gasteiger partial charge in [-0.1, -0.05) is 11.6 Å². The first kappa shape index (κ1) is 13.9. The van der Waals surface area contributed by atoms with Gasteiger partial charge < -0.3 is 15.2 Å². The first-order chi connectivity index (χ1) is 6.60. The zero-order chi connectivity index (χ0) is 10.7. The van der Waals surface area contributed by atoms with Crippen molar-refractivity contribution in [3.8, 4) is 5.75 Å². The van der Waals surface area contributed by atoms with Gasteiger partial charge in [0, 0.05) is 6.07 Å². The summed E-state index contributed by atoms with van der Waals surface area (Å²) in [6, 6.07) is 2.90. The number of nitrogens with two attached hydrogens (primary N) is 1. The summed E-state index contributed by atoms with van der Waals surface area (Å²) >= 11 is 5.76. The minimum absolute atomic E-state index is 0. The summed E-state index contributed by atoms with van der Waals surface area (Å²) in [5.41, 5.74) is 6.12. The Labute approximate surface area is 98.7 Å². The van der Waals surface area contributed by atoms with Crippen LogP contribution in [0.25, 0.3) is 0 Å². The number of anilines is 1. The van der Waals surface area contributed by atoms with Gasteiger partial charge in [0.2, 0.25) is 0 Å². The van der Waals surface area contributed by atoms with Crippen molar-refractivity contribution in [3.63, 3.8) is 0 Å². The summed E-state index contributed by atoms with van der Waals surface area (Å²) < 4.78 is 9.52. The van der Waals surface area contributed by atoms with E-state index in [1.807, 2.05) is 0 Å². The lowest BCUT2D eigenvalue weighted by atomic mass is 10.2. The normalized spacial score (nSPS) is 9.00. The van der Waals surface area contributed by atoms with Gasteiger partial charge >= 0.3 is 5.97 Å². The maximum Gasteiger partial charge on any atom is 0.341 e. The molecule has 0 saturated carbocycles. The van der Waals surface area contributed by atoms with Crippen LogP contribution in [0.1, 0.15) is 10.4 Å². The molecule has 0 saturated heterocycles. The molecule has 0 heterocycles. The molecule has 0 aliphatic rings. The molecule has 0 unspecified atom stereocenters. The third kappa shape index (κ3) is 2.91. The quantitative estimate of drug-likeness (QED) is 0.647. The van der Waals surface area contributed by atoms with E-state index in [1.165, 1.54) is 26.4 Å². The van der Waals surface area contributed by atoms with Crippen LogP contribution in [0.2, 0.25) is 5.02 Å². The van der Waals surface area contributed by atoms with E-state index in [2.05, 4.69) is 4.74 Å². The van der Waals surface area contributed by atoms with Crippen molar-refractivity contribution >= 4 is 35.7 Å². The molecule has 1 aromatic rings. The highest BCUT2D eigenvalue weighted by atomic mass is 35.5. The van der Waals surface area contributed by atoms with Crippen LogP contribution in [-0.2, 0) is 4.74 Å². The molecule has 0 amide bonds. The van der Waals surface area contributed by atoms with Gasteiger partial charge in [-0.3, -0.25) is 0 Å². The Morgan fingerprint density at radius 2 is 2.00 bits per heavy atom. The van der Waals surface area contributed by atoms with Crippen molar-refractivity contribution in [1.82, 2.24) is 0 Å². The highest BCUT2D eigenvalue weighted by Gasteiger charge is 2.14. The fourth-order valence-corrected chi connectivity index (χ4v) is 1.16. The molecule has 0 atom stereocenters. The smallest absolute Gasteiger partial charge is 0.341 e. The van der Waals surface area contributed by atoms with Crippen LogP contribution in [0.3, 0.4) is 0 Å². The summed E-state index contributed by atoms with van der Waals surface area (Å²) in [7, 11) is 2.72. The molecule has 0 aliphatic heterocycles. The molecule has 0 spiro atoms. The second-order valence-corrected chi connectivity index (χ2v) is 2.97. The number of rotatable bonds is 2. The molecular weight excluding hydrogens is 241 g/mol. The predicted octanol–water partition coefficient (Wildman–Crippen LogP) is 2.14. The molecule has 6 heteroatoms. The van der Waals surface area contributed by atoms with E-state index >= 15 is 0 Å². The van der Waals surface area contributed by atoms with Gasteiger partial charge in [0.15, 0.2) is 0 Å². The van der Waals surface area contributed by atoms with E-state index in [-0.39, 0.29) is 18.0 Å². The number of hydrogen-bond donors (Lipinski definition) is 1. The van der Waals surface area contributed by atoms with Crippen molar-refractivity contribution in [2.24, 2.45) is 0 Å². The minimum Gasteiger partial charge on any atom is -0.496 e. The van der Waals surface area contributed by atoms with Crippen LogP contribution in [-0.4, -0.2) is 20.2 Å². The number of esters is 1. The van der Waals surface area contributed by atoms with Crippen LogP contribution in [0, 0.1) is 0 Å². The number of methoxy groups -OCH3 is 2. The monoisotopic (exact) mass is 251 g/mol. The van der Waals surface area contributed by atoms with E-state index in [1.54, 1.807) is 0 Å². The number of halogens is 2. The lowest BCUT2D eigenvalue weighted by Gasteiger charge is -2.08. The van der Waals surface area contributed by atoms with Crippen molar-refractivity contribution < 1.29 is 14.3 Å². The van der Waals surface area contributed by atoms with Crippen molar-refractivity contribution in [2.45, 2.75) is 0 Å². The lowest BCUT2D eigenvalue weighted by molar-refractivity contribution is 0.0597. The topological polar surface area (TPSA) is 61.5 Å². The lowest BCUT2D eigenvalue weighted by Crippen LogP contribution is -2.05. The second-order valence-electron chi connectivity index (χ2n) is 2.57. The minimum atomic E-state index is -0.509. The van der Waals surface area contributed by atoms with Crippen LogP contribution in [0.15, 0.2) is 12.1 Å². The Kier molecular flexibility index (Phi) is 5.25. The molecular formula is C9H11Cl2NO3. The van der Waals surface area contributed by atoms with Crippen LogP contribution < -0.4 is 10.5 Å². The Hall–Kier alpha value is -1.13. The fraction of sp³-hybridized carbons (Fsp3) is 0.222. The van der Waals surface area contributed by atoms with Crippen LogP contribution in [0.5, 0.6) is 5.75 Å². The molecule has 0 aromatic heterocycles. The van der Waals surface area contributed by atoms with E-state index in [4.69, 9.17) is 22.1 Å². The highest BCUT2D eigenvalue weighted by Crippen LogP contribution is 2.29. The Morgan fingerprint density at radius 3 is 2.47 bits per heavy atom. The Bertz CT molecular complexity index is 369. The van der Waals surface area contributed by atoms with Crippen molar-refractivity contribution in [1.29, 1.82) is 0 Å². The largest absolute Gasteiger partial charge is 0.496 e. The third-order valence-corrected chi connectivity index (χ3v) is 2.05. The predicted molar refractivity (Wildman–Crippen MR) is 61.0 cm³/mol. The standard InChI is InChI=1S/C9H10ClNO3.ClH/c1-13-8-4-6(10)7(11)3-5(8)9(12)14-2;/h3-4H,11H2,1-2H3;1H. The number of hydrogen-bond acceptors (Lipinski definition) is 4. The van der Waals surface area contributed by atoms with Crippen LogP contribution in [0.4, 0.5) is 5.69 Å². The average Bonchev–Trinajstić information content (AvgIpc) is 2.20. The SMILES string of the molecule is COC(=O)c1cc(N)c(Cl)cc1OC.Cl. The summed E-state index contributed by atoms with van der Waals surface area (Å²) in [5, 5.41) is 0.342. The van der Waals surface area contributed by atoms with Crippen molar-refractivity contribution in [3.05, 3.63) is 22.7 Å². The maximum absolute atomic E-state index is 11.3.